The summed E-state index contributed by atoms with van der Waals surface area (Å²) in [6.45, 7) is 2.93. The van der Waals surface area contributed by atoms with Crippen molar-refractivity contribution < 1.29 is 9.59 Å². The molecule has 26 heavy (non-hydrogen) atoms. The standard InChI is InChI=1S/C21H33N3O2/c1-3-8-20(25)24(17-9-5-4-6-10-17)16-21(26)23(18-12-13-18)15-19-11-7-14-22(19)2/h7,11,14,17-18H,3-6,8-10,12-13,15-16H2,1-2H3. The van der Waals surface area contributed by atoms with Crippen molar-refractivity contribution in [3.8, 4) is 0 Å². The summed E-state index contributed by atoms with van der Waals surface area (Å²) >= 11 is 0. The summed E-state index contributed by atoms with van der Waals surface area (Å²) in [5, 5.41) is 0. The summed E-state index contributed by atoms with van der Waals surface area (Å²) < 4.78 is 2.07. The fourth-order valence-electron chi connectivity index (χ4n) is 4.05. The minimum Gasteiger partial charge on any atom is -0.353 e. The minimum atomic E-state index is 0.115. The zero-order chi connectivity index (χ0) is 18.5. The van der Waals surface area contributed by atoms with Gasteiger partial charge in [0.25, 0.3) is 0 Å². The molecule has 2 aliphatic rings. The van der Waals surface area contributed by atoms with Gasteiger partial charge in [0.1, 0.15) is 6.54 Å². The monoisotopic (exact) mass is 359 g/mol. The van der Waals surface area contributed by atoms with Crippen LogP contribution < -0.4 is 0 Å². The summed E-state index contributed by atoms with van der Waals surface area (Å²) in [6, 6.07) is 4.70. The van der Waals surface area contributed by atoms with E-state index in [-0.39, 0.29) is 24.4 Å². The number of aromatic nitrogens is 1. The zero-order valence-corrected chi connectivity index (χ0v) is 16.3. The molecule has 2 aliphatic carbocycles. The van der Waals surface area contributed by atoms with Crippen LogP contribution in [-0.2, 0) is 23.2 Å². The van der Waals surface area contributed by atoms with Crippen LogP contribution in [0.5, 0.6) is 0 Å². The Hall–Kier alpha value is -1.78. The number of carbonyl (C=O) groups excluding carboxylic acids is 2. The first-order valence-corrected chi connectivity index (χ1v) is 10.3. The lowest BCUT2D eigenvalue weighted by molar-refractivity contribution is -0.143. The molecule has 5 nitrogen and oxygen atoms in total. The maximum Gasteiger partial charge on any atom is 0.242 e. The van der Waals surface area contributed by atoms with Crippen LogP contribution in [0.3, 0.4) is 0 Å². The van der Waals surface area contributed by atoms with Crippen LogP contribution in [0.1, 0.15) is 70.4 Å². The number of carbonyl (C=O) groups is 2. The second-order valence-corrected chi connectivity index (χ2v) is 7.93. The van der Waals surface area contributed by atoms with E-state index in [0.717, 1.165) is 37.8 Å². The van der Waals surface area contributed by atoms with Gasteiger partial charge in [-0.25, -0.2) is 0 Å². The lowest BCUT2D eigenvalue weighted by Gasteiger charge is -2.35. The maximum atomic E-state index is 13.1. The van der Waals surface area contributed by atoms with Gasteiger partial charge in [-0.05, 0) is 44.2 Å². The SMILES string of the molecule is CCCC(=O)N(CC(=O)N(Cc1cccn1C)C1CC1)C1CCCCC1. The van der Waals surface area contributed by atoms with Gasteiger partial charge in [-0.2, -0.15) is 0 Å². The number of rotatable bonds is 8. The van der Waals surface area contributed by atoms with Gasteiger partial charge in [0.2, 0.25) is 11.8 Å². The maximum absolute atomic E-state index is 13.1. The molecular weight excluding hydrogens is 326 g/mol. The molecule has 0 N–H and O–H groups in total. The van der Waals surface area contributed by atoms with Gasteiger partial charge in [-0.15, -0.1) is 0 Å². The summed E-state index contributed by atoms with van der Waals surface area (Å²) in [7, 11) is 2.02. The number of hydrogen-bond acceptors (Lipinski definition) is 2. The molecular formula is C21H33N3O2. The molecule has 2 amide bonds. The van der Waals surface area contributed by atoms with Crippen LogP contribution in [0.4, 0.5) is 0 Å². The first-order chi connectivity index (χ1) is 12.6. The Morgan fingerprint density at radius 3 is 2.31 bits per heavy atom. The van der Waals surface area contributed by atoms with Crippen molar-refractivity contribution in [2.75, 3.05) is 6.54 Å². The van der Waals surface area contributed by atoms with Gasteiger partial charge in [0.15, 0.2) is 0 Å². The zero-order valence-electron chi connectivity index (χ0n) is 16.3. The molecule has 0 radical (unpaired) electrons. The predicted octanol–water partition coefficient (Wildman–Crippen LogP) is 3.48. The normalized spacial score (nSPS) is 17.9. The quantitative estimate of drug-likeness (QED) is 0.713. The van der Waals surface area contributed by atoms with Gasteiger partial charge >= 0.3 is 0 Å². The largest absolute Gasteiger partial charge is 0.353 e. The molecule has 1 heterocycles. The van der Waals surface area contributed by atoms with E-state index in [4.69, 9.17) is 0 Å². The second kappa shape index (κ2) is 8.74. The second-order valence-electron chi connectivity index (χ2n) is 7.93. The fourth-order valence-corrected chi connectivity index (χ4v) is 4.05. The van der Waals surface area contributed by atoms with Crippen LogP contribution in [0, 0.1) is 0 Å². The van der Waals surface area contributed by atoms with Crippen molar-refractivity contribution >= 4 is 11.8 Å². The highest BCUT2D eigenvalue weighted by atomic mass is 16.2. The molecule has 5 heteroatoms. The smallest absolute Gasteiger partial charge is 0.242 e. The number of aryl methyl sites for hydroxylation is 1. The number of amides is 2. The molecule has 2 saturated carbocycles. The molecule has 0 spiro atoms. The van der Waals surface area contributed by atoms with E-state index >= 15 is 0 Å². The summed E-state index contributed by atoms with van der Waals surface area (Å²) in [4.78, 5) is 29.8. The molecule has 3 rings (SSSR count). The van der Waals surface area contributed by atoms with Gasteiger partial charge in [-0.1, -0.05) is 26.2 Å². The van der Waals surface area contributed by atoms with E-state index in [2.05, 4.69) is 10.6 Å². The third-order valence-corrected chi connectivity index (χ3v) is 5.80. The van der Waals surface area contributed by atoms with Gasteiger partial charge in [0.05, 0.1) is 6.54 Å². The third kappa shape index (κ3) is 4.68. The highest BCUT2D eigenvalue weighted by Gasteiger charge is 2.35. The average Bonchev–Trinajstić information content (AvgIpc) is 3.40. The molecule has 0 aromatic carbocycles. The van der Waals surface area contributed by atoms with E-state index in [1.54, 1.807) is 0 Å². The van der Waals surface area contributed by atoms with Crippen molar-refractivity contribution in [3.63, 3.8) is 0 Å². The lowest BCUT2D eigenvalue weighted by Crippen LogP contribution is -2.48. The van der Waals surface area contributed by atoms with E-state index in [1.807, 2.05) is 36.0 Å². The molecule has 0 bridgehead atoms. The van der Waals surface area contributed by atoms with E-state index < -0.39 is 0 Å². The lowest BCUT2D eigenvalue weighted by atomic mass is 9.94. The van der Waals surface area contributed by atoms with E-state index in [0.29, 0.717) is 19.0 Å². The van der Waals surface area contributed by atoms with Crippen LogP contribution in [0.2, 0.25) is 0 Å². The number of hydrogen-bond donors (Lipinski definition) is 0. The summed E-state index contributed by atoms with van der Waals surface area (Å²) in [5.41, 5.74) is 1.15. The van der Waals surface area contributed by atoms with E-state index in [1.165, 1.54) is 19.3 Å². The Bertz CT molecular complexity index is 615. The Morgan fingerprint density at radius 1 is 1.04 bits per heavy atom. The summed E-state index contributed by atoms with van der Waals surface area (Å²) in [5.74, 6) is 0.270. The topological polar surface area (TPSA) is 45.6 Å². The molecule has 144 valence electrons. The van der Waals surface area contributed by atoms with Crippen LogP contribution in [0.25, 0.3) is 0 Å². The van der Waals surface area contributed by atoms with Crippen LogP contribution >= 0.6 is 0 Å². The van der Waals surface area contributed by atoms with Crippen LogP contribution in [-0.4, -0.2) is 44.8 Å². The molecule has 0 unspecified atom stereocenters. The number of nitrogens with zero attached hydrogens (tertiary/aromatic N) is 3. The highest BCUT2D eigenvalue weighted by molar-refractivity contribution is 5.85. The van der Waals surface area contributed by atoms with Crippen molar-refractivity contribution in [3.05, 3.63) is 24.0 Å². The van der Waals surface area contributed by atoms with Crippen LogP contribution in [0.15, 0.2) is 18.3 Å². The van der Waals surface area contributed by atoms with Crippen molar-refractivity contribution in [2.24, 2.45) is 7.05 Å². The van der Waals surface area contributed by atoms with Gasteiger partial charge in [0, 0.05) is 37.4 Å². The molecule has 0 aliphatic heterocycles. The van der Waals surface area contributed by atoms with Gasteiger partial charge in [-0.3, -0.25) is 9.59 Å². The first-order valence-electron chi connectivity index (χ1n) is 10.3. The van der Waals surface area contributed by atoms with Gasteiger partial charge < -0.3 is 14.4 Å². The van der Waals surface area contributed by atoms with Crippen molar-refractivity contribution in [1.29, 1.82) is 0 Å². The first kappa shape index (κ1) is 19.0. The fraction of sp³-hybridized carbons (Fsp3) is 0.714. The average molecular weight is 360 g/mol. The molecule has 1 aromatic heterocycles. The Kier molecular flexibility index (Phi) is 6.38. The van der Waals surface area contributed by atoms with E-state index in [9.17, 15) is 9.59 Å². The Labute approximate surface area is 157 Å². The predicted molar refractivity (Wildman–Crippen MR) is 102 cm³/mol. The minimum absolute atomic E-state index is 0.115. The summed E-state index contributed by atoms with van der Waals surface area (Å²) in [6.07, 6.45) is 11.3. The Balaban J connectivity index is 1.69. The molecule has 2 fully saturated rings. The third-order valence-electron chi connectivity index (χ3n) is 5.80. The van der Waals surface area contributed by atoms with Crippen molar-refractivity contribution in [2.45, 2.75) is 83.3 Å². The molecule has 0 saturated heterocycles. The molecule has 0 atom stereocenters. The van der Waals surface area contributed by atoms with Crippen molar-refractivity contribution in [1.82, 2.24) is 14.4 Å². The molecule has 1 aromatic rings. The highest BCUT2D eigenvalue weighted by Crippen LogP contribution is 2.29. The Morgan fingerprint density at radius 2 is 1.73 bits per heavy atom.